The van der Waals surface area contributed by atoms with Gasteiger partial charge in [0.15, 0.2) is 0 Å². The van der Waals surface area contributed by atoms with Gasteiger partial charge in [-0.1, -0.05) is 29.5 Å². The van der Waals surface area contributed by atoms with Gasteiger partial charge in [-0.15, -0.1) is 0 Å². The van der Waals surface area contributed by atoms with E-state index in [0.717, 1.165) is 26.8 Å². The first-order valence-electron chi connectivity index (χ1n) is 7.77. The van der Waals surface area contributed by atoms with Crippen molar-refractivity contribution >= 4 is 22.8 Å². The van der Waals surface area contributed by atoms with Gasteiger partial charge in [-0.25, -0.2) is 13.8 Å². The van der Waals surface area contributed by atoms with Gasteiger partial charge in [0, 0.05) is 33.6 Å². The molecule has 0 spiro atoms. The second-order valence-electron chi connectivity index (χ2n) is 5.81. The minimum absolute atomic E-state index is 0.496. The van der Waals surface area contributed by atoms with Crippen LogP contribution < -0.4 is 0 Å². The Bertz CT molecular complexity index is 1030. The number of aromatic nitrogens is 2. The van der Waals surface area contributed by atoms with Crippen LogP contribution in [0.3, 0.4) is 0 Å². The molecule has 1 N–H and O–H groups in total. The molecule has 0 radical (unpaired) electrons. The van der Waals surface area contributed by atoms with Crippen LogP contribution in [0.1, 0.15) is 5.56 Å². The first-order valence-corrected chi connectivity index (χ1v) is 8.59. The lowest BCUT2D eigenvalue weighted by Crippen LogP contribution is -1.87. The highest BCUT2D eigenvalue weighted by Crippen LogP contribution is 2.38. The van der Waals surface area contributed by atoms with Crippen molar-refractivity contribution < 1.29 is 8.78 Å². The summed E-state index contributed by atoms with van der Waals surface area (Å²) in [6.45, 7) is 2.04. The summed E-state index contributed by atoms with van der Waals surface area (Å²) in [5.41, 5.74) is 3.13. The van der Waals surface area contributed by atoms with Gasteiger partial charge in [-0.2, -0.15) is 0 Å². The highest BCUT2D eigenvalue weighted by atomic mass is 32.2. The Labute approximate surface area is 147 Å². The SMILES string of the molecule is Cc1ccc(Sc2c[nH]c3nccc(-c4cc(F)cc(F)c4)c23)cc1. The molecule has 0 amide bonds. The lowest BCUT2D eigenvalue weighted by molar-refractivity contribution is 0.584. The molecule has 0 bridgehead atoms. The molecule has 0 aliphatic heterocycles. The highest BCUT2D eigenvalue weighted by molar-refractivity contribution is 7.99. The zero-order valence-electron chi connectivity index (χ0n) is 13.4. The van der Waals surface area contributed by atoms with Gasteiger partial charge < -0.3 is 4.98 Å². The van der Waals surface area contributed by atoms with E-state index < -0.39 is 11.6 Å². The lowest BCUT2D eigenvalue weighted by Gasteiger charge is -2.07. The van der Waals surface area contributed by atoms with E-state index in [9.17, 15) is 8.78 Å². The quantitative estimate of drug-likeness (QED) is 0.492. The number of rotatable bonds is 3. The Kier molecular flexibility index (Phi) is 4.01. The molecule has 0 unspecified atom stereocenters. The second-order valence-corrected chi connectivity index (χ2v) is 6.92. The predicted octanol–water partition coefficient (Wildman–Crippen LogP) is 5.97. The smallest absolute Gasteiger partial charge is 0.139 e. The number of aryl methyl sites for hydroxylation is 1. The number of pyridine rings is 1. The summed E-state index contributed by atoms with van der Waals surface area (Å²) in [7, 11) is 0. The molecule has 4 aromatic rings. The molecule has 0 fully saturated rings. The van der Waals surface area contributed by atoms with Crippen LogP contribution >= 0.6 is 11.8 Å². The van der Waals surface area contributed by atoms with Gasteiger partial charge in [-0.05, 0) is 48.4 Å². The highest BCUT2D eigenvalue weighted by Gasteiger charge is 2.14. The monoisotopic (exact) mass is 352 g/mol. The number of nitrogens with zero attached hydrogens (tertiary/aromatic N) is 1. The average Bonchev–Trinajstić information content (AvgIpc) is 2.99. The molecule has 124 valence electrons. The van der Waals surface area contributed by atoms with Gasteiger partial charge in [-0.3, -0.25) is 0 Å². The van der Waals surface area contributed by atoms with Crippen molar-refractivity contribution in [2.45, 2.75) is 16.7 Å². The van der Waals surface area contributed by atoms with Crippen LogP contribution in [0.15, 0.2) is 70.7 Å². The molecule has 0 aliphatic carbocycles. The van der Waals surface area contributed by atoms with Crippen LogP contribution in [0, 0.1) is 18.6 Å². The maximum atomic E-state index is 13.7. The molecule has 4 rings (SSSR count). The fourth-order valence-electron chi connectivity index (χ4n) is 2.79. The molecule has 5 heteroatoms. The van der Waals surface area contributed by atoms with Crippen molar-refractivity contribution in [1.82, 2.24) is 9.97 Å². The van der Waals surface area contributed by atoms with Crippen molar-refractivity contribution in [3.8, 4) is 11.1 Å². The van der Waals surface area contributed by atoms with Crippen molar-refractivity contribution in [2.75, 3.05) is 0 Å². The van der Waals surface area contributed by atoms with Crippen LogP contribution in [0.5, 0.6) is 0 Å². The van der Waals surface area contributed by atoms with Gasteiger partial charge in [0.1, 0.15) is 17.3 Å². The van der Waals surface area contributed by atoms with E-state index in [2.05, 4.69) is 34.2 Å². The molecule has 25 heavy (non-hydrogen) atoms. The van der Waals surface area contributed by atoms with Gasteiger partial charge >= 0.3 is 0 Å². The van der Waals surface area contributed by atoms with E-state index in [1.165, 1.54) is 17.7 Å². The maximum Gasteiger partial charge on any atom is 0.139 e. The summed E-state index contributed by atoms with van der Waals surface area (Å²) in [5.74, 6) is -1.19. The van der Waals surface area contributed by atoms with Crippen LogP contribution in [-0.2, 0) is 0 Å². The van der Waals surface area contributed by atoms with E-state index in [0.29, 0.717) is 11.2 Å². The maximum absolute atomic E-state index is 13.7. The third-order valence-corrected chi connectivity index (χ3v) is 5.01. The third-order valence-electron chi connectivity index (χ3n) is 3.96. The summed E-state index contributed by atoms with van der Waals surface area (Å²) in [5, 5.41) is 0.859. The number of hydrogen-bond acceptors (Lipinski definition) is 2. The number of hydrogen-bond donors (Lipinski definition) is 1. The van der Waals surface area contributed by atoms with Crippen molar-refractivity contribution in [3.05, 3.63) is 78.1 Å². The Morgan fingerprint density at radius 2 is 1.68 bits per heavy atom. The summed E-state index contributed by atoms with van der Waals surface area (Å²) < 4.78 is 27.3. The average molecular weight is 352 g/mol. The molecular weight excluding hydrogens is 338 g/mol. The Balaban J connectivity index is 1.85. The molecule has 2 aromatic heterocycles. The van der Waals surface area contributed by atoms with Crippen LogP contribution in [0.4, 0.5) is 8.78 Å². The fraction of sp³-hybridized carbons (Fsp3) is 0.0500. The van der Waals surface area contributed by atoms with Crippen molar-refractivity contribution in [1.29, 1.82) is 0 Å². The molecule has 0 saturated heterocycles. The number of halogens is 2. The van der Waals surface area contributed by atoms with E-state index in [4.69, 9.17) is 0 Å². The van der Waals surface area contributed by atoms with E-state index in [1.54, 1.807) is 24.0 Å². The number of benzene rings is 2. The number of fused-ring (bicyclic) bond motifs is 1. The minimum Gasteiger partial charge on any atom is -0.345 e. The molecule has 0 saturated carbocycles. The van der Waals surface area contributed by atoms with Crippen molar-refractivity contribution in [3.63, 3.8) is 0 Å². The Hall–Kier alpha value is -2.66. The summed E-state index contributed by atoms with van der Waals surface area (Å²) in [6.07, 6.45) is 3.51. The fourth-order valence-corrected chi connectivity index (χ4v) is 3.74. The van der Waals surface area contributed by atoms with Crippen LogP contribution in [0.2, 0.25) is 0 Å². The molecule has 2 heterocycles. The number of nitrogens with one attached hydrogen (secondary N) is 1. The number of aromatic amines is 1. The lowest BCUT2D eigenvalue weighted by atomic mass is 10.0. The molecule has 2 nitrogen and oxygen atoms in total. The Morgan fingerprint density at radius 3 is 2.40 bits per heavy atom. The topological polar surface area (TPSA) is 28.7 Å². The summed E-state index contributed by atoms with van der Waals surface area (Å²) in [6, 6.07) is 13.5. The summed E-state index contributed by atoms with van der Waals surface area (Å²) >= 11 is 1.59. The minimum atomic E-state index is -0.594. The zero-order valence-corrected chi connectivity index (χ0v) is 14.2. The van der Waals surface area contributed by atoms with Crippen LogP contribution in [0.25, 0.3) is 22.2 Å². The summed E-state index contributed by atoms with van der Waals surface area (Å²) in [4.78, 5) is 9.53. The molecule has 0 atom stereocenters. The van der Waals surface area contributed by atoms with E-state index in [1.807, 2.05) is 13.1 Å². The normalized spacial score (nSPS) is 11.2. The van der Waals surface area contributed by atoms with Crippen LogP contribution in [-0.4, -0.2) is 9.97 Å². The molecule has 0 aliphatic rings. The first kappa shape index (κ1) is 15.8. The molecule has 2 aromatic carbocycles. The first-order chi connectivity index (χ1) is 12.1. The van der Waals surface area contributed by atoms with E-state index in [-0.39, 0.29) is 0 Å². The zero-order chi connectivity index (χ0) is 17.4. The number of H-pyrrole nitrogens is 1. The Morgan fingerprint density at radius 1 is 0.960 bits per heavy atom. The van der Waals surface area contributed by atoms with Crippen molar-refractivity contribution in [2.24, 2.45) is 0 Å². The van der Waals surface area contributed by atoms with Gasteiger partial charge in [0.05, 0.1) is 0 Å². The third kappa shape index (κ3) is 3.15. The molecular formula is C20H14F2N2S. The van der Waals surface area contributed by atoms with E-state index >= 15 is 0 Å². The largest absolute Gasteiger partial charge is 0.345 e. The van der Waals surface area contributed by atoms with Gasteiger partial charge in [0.25, 0.3) is 0 Å². The predicted molar refractivity (Wildman–Crippen MR) is 96.7 cm³/mol. The second kappa shape index (κ2) is 6.33. The van der Waals surface area contributed by atoms with Gasteiger partial charge in [0.2, 0.25) is 0 Å². The standard InChI is InChI=1S/C20H14F2N2S/c1-12-2-4-16(5-3-12)25-18-11-24-20-19(18)17(6-7-23-20)13-8-14(21)10-15(22)9-13/h2-11H,1H3,(H,23,24).